The van der Waals surface area contributed by atoms with Crippen molar-refractivity contribution in [2.24, 2.45) is 0 Å². The minimum absolute atomic E-state index is 0.0729. The minimum atomic E-state index is -0.250. The fourth-order valence-electron chi connectivity index (χ4n) is 3.08. The third kappa shape index (κ3) is 4.86. The molecule has 0 saturated carbocycles. The summed E-state index contributed by atoms with van der Waals surface area (Å²) in [5, 5.41) is 6.89. The van der Waals surface area contributed by atoms with Crippen LogP contribution in [0.25, 0.3) is 0 Å². The Kier molecular flexibility index (Phi) is 6.41. The number of hydrogen-bond donors (Lipinski definition) is 1. The number of carbonyl (C=O) groups is 2. The summed E-state index contributed by atoms with van der Waals surface area (Å²) in [4.78, 5) is 33.4. The van der Waals surface area contributed by atoms with E-state index >= 15 is 0 Å². The number of benzene rings is 1. The van der Waals surface area contributed by atoms with Gasteiger partial charge in [0.1, 0.15) is 11.5 Å². The molecule has 2 aromatic rings. The molecule has 138 valence electrons. The zero-order valence-electron chi connectivity index (χ0n) is 15.6. The first-order chi connectivity index (χ1) is 12.3. The van der Waals surface area contributed by atoms with Crippen LogP contribution in [-0.4, -0.2) is 51.3 Å². The molecule has 0 spiro atoms. The number of nitrogens with zero attached hydrogens (tertiary/aromatic N) is 4. The normalized spacial score (nSPS) is 12.8. The van der Waals surface area contributed by atoms with Gasteiger partial charge in [-0.1, -0.05) is 18.2 Å². The molecule has 1 aliphatic heterocycles. The smallest absolute Gasteiger partial charge is 0.290 e. The Morgan fingerprint density at radius 2 is 1.88 bits per heavy atom. The Hall–Kier alpha value is -2.80. The van der Waals surface area contributed by atoms with Crippen molar-refractivity contribution >= 4 is 12.4 Å². The van der Waals surface area contributed by atoms with Gasteiger partial charge in [-0.2, -0.15) is 0 Å². The second kappa shape index (κ2) is 8.53. The van der Waals surface area contributed by atoms with Gasteiger partial charge in [-0.3, -0.25) is 14.5 Å². The van der Waals surface area contributed by atoms with Crippen molar-refractivity contribution in [2.75, 3.05) is 14.1 Å². The van der Waals surface area contributed by atoms with Gasteiger partial charge in [0.15, 0.2) is 0 Å². The predicted molar refractivity (Wildman–Crippen MR) is 97.6 cm³/mol. The van der Waals surface area contributed by atoms with Crippen molar-refractivity contribution < 1.29 is 14.7 Å². The Bertz CT molecular complexity index is 787. The van der Waals surface area contributed by atoms with Gasteiger partial charge in [-0.15, -0.1) is 0 Å². The van der Waals surface area contributed by atoms with Crippen LogP contribution in [0.1, 0.15) is 38.7 Å². The van der Waals surface area contributed by atoms with Crippen molar-refractivity contribution in [2.45, 2.75) is 33.5 Å². The number of amides is 1. The molecule has 7 nitrogen and oxygen atoms in total. The van der Waals surface area contributed by atoms with Gasteiger partial charge in [0, 0.05) is 32.4 Å². The summed E-state index contributed by atoms with van der Waals surface area (Å²) in [5.41, 5.74) is 5.16. The highest BCUT2D eigenvalue weighted by molar-refractivity contribution is 5.92. The summed E-state index contributed by atoms with van der Waals surface area (Å²) in [7, 11) is 3.93. The SMILES string of the molecule is Cc1cc(C(=O)N(C)Cc2ccc3c(c2)CN(C)C3)nc(C)n1.O=CO. The lowest BCUT2D eigenvalue weighted by Crippen LogP contribution is -2.27. The van der Waals surface area contributed by atoms with E-state index in [-0.39, 0.29) is 12.4 Å². The molecule has 0 atom stereocenters. The summed E-state index contributed by atoms with van der Waals surface area (Å²) in [6, 6.07) is 8.23. The molecular formula is C19H24N4O3. The van der Waals surface area contributed by atoms with E-state index in [1.807, 2.05) is 14.0 Å². The maximum atomic E-state index is 12.6. The standard InChI is InChI=1S/C18H22N4O.CH2O2/c1-12-7-17(20-13(2)19-12)18(23)22(4)9-14-5-6-15-10-21(3)11-16(15)8-14;2-1-3/h5-8H,9-11H2,1-4H3;1H,(H,2,3). The molecule has 1 aliphatic rings. The fourth-order valence-corrected chi connectivity index (χ4v) is 3.08. The first-order valence-corrected chi connectivity index (χ1v) is 8.29. The molecule has 26 heavy (non-hydrogen) atoms. The van der Waals surface area contributed by atoms with Crippen LogP contribution in [-0.2, 0) is 24.4 Å². The van der Waals surface area contributed by atoms with Gasteiger partial charge in [0.2, 0.25) is 0 Å². The van der Waals surface area contributed by atoms with Crippen molar-refractivity contribution in [1.29, 1.82) is 0 Å². The molecule has 7 heteroatoms. The summed E-state index contributed by atoms with van der Waals surface area (Å²) < 4.78 is 0. The molecular weight excluding hydrogens is 332 g/mol. The Balaban J connectivity index is 0.000000758. The summed E-state index contributed by atoms with van der Waals surface area (Å²) in [6.45, 7) is 6.00. The van der Waals surface area contributed by atoms with Crippen LogP contribution in [0.5, 0.6) is 0 Å². The lowest BCUT2D eigenvalue weighted by molar-refractivity contribution is -0.122. The van der Waals surface area contributed by atoms with Crippen molar-refractivity contribution in [3.8, 4) is 0 Å². The highest BCUT2D eigenvalue weighted by Gasteiger charge is 2.18. The lowest BCUT2D eigenvalue weighted by atomic mass is 10.1. The zero-order valence-corrected chi connectivity index (χ0v) is 15.6. The van der Waals surface area contributed by atoms with E-state index in [2.05, 4.69) is 40.1 Å². The van der Waals surface area contributed by atoms with Crippen LogP contribution in [0.15, 0.2) is 24.3 Å². The van der Waals surface area contributed by atoms with Crippen molar-refractivity contribution in [3.05, 3.63) is 58.2 Å². The third-order valence-electron chi connectivity index (χ3n) is 4.10. The van der Waals surface area contributed by atoms with Gasteiger partial charge in [-0.25, -0.2) is 9.97 Å². The van der Waals surface area contributed by atoms with Crippen LogP contribution >= 0.6 is 0 Å². The number of carboxylic acid groups (broad SMARTS) is 1. The average Bonchev–Trinajstić information content (AvgIpc) is 2.93. The van der Waals surface area contributed by atoms with E-state index in [4.69, 9.17) is 9.90 Å². The topological polar surface area (TPSA) is 86.6 Å². The van der Waals surface area contributed by atoms with Gasteiger partial charge in [0.25, 0.3) is 12.4 Å². The first kappa shape index (κ1) is 19.5. The van der Waals surface area contributed by atoms with Crippen LogP contribution in [0, 0.1) is 13.8 Å². The molecule has 1 amide bonds. The molecule has 0 saturated heterocycles. The molecule has 0 radical (unpaired) electrons. The van der Waals surface area contributed by atoms with E-state index in [0.717, 1.165) is 24.3 Å². The quantitative estimate of drug-likeness (QED) is 0.847. The number of aryl methyl sites for hydroxylation is 2. The van der Waals surface area contributed by atoms with Crippen LogP contribution in [0.4, 0.5) is 0 Å². The number of rotatable bonds is 3. The molecule has 1 aromatic carbocycles. The highest BCUT2D eigenvalue weighted by atomic mass is 16.3. The summed E-state index contributed by atoms with van der Waals surface area (Å²) in [5.74, 6) is 0.554. The average molecular weight is 356 g/mol. The predicted octanol–water partition coefficient (Wildman–Crippen LogP) is 2.01. The van der Waals surface area contributed by atoms with Gasteiger partial charge < -0.3 is 10.0 Å². The number of carbonyl (C=O) groups excluding carboxylic acids is 1. The molecule has 0 aliphatic carbocycles. The summed E-state index contributed by atoms with van der Waals surface area (Å²) >= 11 is 0. The molecule has 0 fully saturated rings. The zero-order chi connectivity index (χ0) is 19.3. The third-order valence-corrected chi connectivity index (χ3v) is 4.10. The molecule has 3 rings (SSSR count). The van der Waals surface area contributed by atoms with Crippen LogP contribution in [0.2, 0.25) is 0 Å². The number of hydrogen-bond acceptors (Lipinski definition) is 5. The highest BCUT2D eigenvalue weighted by Crippen LogP contribution is 2.23. The van der Waals surface area contributed by atoms with E-state index < -0.39 is 0 Å². The van der Waals surface area contributed by atoms with Crippen molar-refractivity contribution in [3.63, 3.8) is 0 Å². The van der Waals surface area contributed by atoms with E-state index in [1.165, 1.54) is 11.1 Å². The van der Waals surface area contributed by atoms with Gasteiger partial charge in [-0.05, 0) is 43.7 Å². The van der Waals surface area contributed by atoms with Crippen LogP contribution in [0.3, 0.4) is 0 Å². The lowest BCUT2D eigenvalue weighted by Gasteiger charge is -2.17. The molecule has 2 heterocycles. The van der Waals surface area contributed by atoms with Crippen molar-refractivity contribution in [1.82, 2.24) is 19.8 Å². The molecule has 0 bridgehead atoms. The Morgan fingerprint density at radius 1 is 1.23 bits per heavy atom. The van der Waals surface area contributed by atoms with E-state index in [1.54, 1.807) is 17.9 Å². The molecule has 0 unspecified atom stereocenters. The van der Waals surface area contributed by atoms with Crippen LogP contribution < -0.4 is 0 Å². The maximum Gasteiger partial charge on any atom is 0.290 e. The maximum absolute atomic E-state index is 12.6. The second-order valence-electron chi connectivity index (χ2n) is 6.48. The van der Waals surface area contributed by atoms with E-state index in [9.17, 15) is 4.79 Å². The summed E-state index contributed by atoms with van der Waals surface area (Å²) in [6.07, 6.45) is 0. The Morgan fingerprint density at radius 3 is 2.54 bits per heavy atom. The van der Waals surface area contributed by atoms with Gasteiger partial charge >= 0.3 is 0 Å². The minimum Gasteiger partial charge on any atom is -0.483 e. The number of fused-ring (bicyclic) bond motifs is 1. The first-order valence-electron chi connectivity index (χ1n) is 8.29. The van der Waals surface area contributed by atoms with E-state index in [0.29, 0.717) is 18.1 Å². The monoisotopic (exact) mass is 356 g/mol. The Labute approximate surface area is 153 Å². The number of aromatic nitrogens is 2. The van der Waals surface area contributed by atoms with Gasteiger partial charge in [0.05, 0.1) is 0 Å². The molecule has 1 aromatic heterocycles. The second-order valence-corrected chi connectivity index (χ2v) is 6.48. The fraction of sp³-hybridized carbons (Fsp3) is 0.368. The largest absolute Gasteiger partial charge is 0.483 e. The molecule has 1 N–H and O–H groups in total.